The van der Waals surface area contributed by atoms with Gasteiger partial charge in [-0.25, -0.2) is 37.3 Å². The third-order valence-electron chi connectivity index (χ3n) is 11.5. The van der Waals surface area contributed by atoms with E-state index in [4.69, 9.17) is 4.74 Å². The molecule has 1 N–H and O–H groups in total. The Balaban J connectivity index is 1.52. The van der Waals surface area contributed by atoms with Gasteiger partial charge in [0, 0.05) is 23.8 Å². The number of hydrogen-bond acceptors (Lipinski definition) is 7. The third-order valence-corrected chi connectivity index (χ3v) is 18.5. The lowest BCUT2D eigenvalue weighted by molar-refractivity contribution is -0.0268. The zero-order valence-electron chi connectivity index (χ0n) is 30.5. The van der Waals surface area contributed by atoms with Crippen molar-refractivity contribution in [1.82, 2.24) is 19.9 Å². The number of rotatable bonds is 6. The molecule has 0 aliphatic carbocycles. The van der Waals surface area contributed by atoms with Crippen molar-refractivity contribution in [2.45, 2.75) is 107 Å². The summed E-state index contributed by atoms with van der Waals surface area (Å²) in [5.74, 6) is 1.25. The van der Waals surface area contributed by atoms with Crippen LogP contribution in [-0.2, 0) is 10.8 Å². The Morgan fingerprint density at radius 3 is 2.32 bits per heavy atom. The molecule has 2 saturated heterocycles. The molecular formula is C38H41F4N5O4SSi. The summed E-state index contributed by atoms with van der Waals surface area (Å²) in [5, 5.41) is 10.6. The van der Waals surface area contributed by atoms with E-state index in [1.165, 1.54) is 22.1 Å². The van der Waals surface area contributed by atoms with Crippen LogP contribution in [0.15, 0.2) is 35.5 Å². The molecule has 3 aliphatic rings. The normalized spacial score (nSPS) is 21.6. The van der Waals surface area contributed by atoms with Gasteiger partial charge in [0.15, 0.2) is 11.9 Å². The molecule has 4 aromatic rings. The minimum Gasteiger partial charge on any atom is -0.465 e. The van der Waals surface area contributed by atoms with E-state index in [2.05, 4.69) is 68.0 Å². The zero-order chi connectivity index (χ0) is 38.3. The maximum Gasteiger partial charge on any atom is 0.407 e. The minimum absolute atomic E-state index is 0.00360. The number of carbonyl (C=O) groups is 1. The van der Waals surface area contributed by atoms with Crippen LogP contribution in [0.3, 0.4) is 0 Å². The lowest BCUT2D eigenvalue weighted by Crippen LogP contribution is -2.66. The predicted octanol–water partition coefficient (Wildman–Crippen LogP) is 8.16. The largest absolute Gasteiger partial charge is 0.465 e. The number of ether oxygens (including phenoxy) is 1. The van der Waals surface area contributed by atoms with Crippen molar-refractivity contribution in [3.05, 3.63) is 47.5 Å². The molecule has 0 saturated carbocycles. The number of aromatic nitrogens is 3. The number of pyridine rings is 1. The summed E-state index contributed by atoms with van der Waals surface area (Å²) in [6.07, 6.45) is -4.19. The number of alkyl halides is 2. The van der Waals surface area contributed by atoms with E-state index in [0.717, 1.165) is 0 Å². The Kier molecular flexibility index (Phi) is 9.46. The van der Waals surface area contributed by atoms with Gasteiger partial charge >= 0.3 is 6.09 Å². The van der Waals surface area contributed by atoms with Crippen molar-refractivity contribution in [3.63, 3.8) is 0 Å². The van der Waals surface area contributed by atoms with Crippen molar-refractivity contribution < 1.29 is 36.4 Å². The van der Waals surface area contributed by atoms with Gasteiger partial charge < -0.3 is 14.7 Å². The van der Waals surface area contributed by atoms with E-state index >= 15 is 17.6 Å². The first-order chi connectivity index (χ1) is 25.1. The third kappa shape index (κ3) is 5.75. The molecule has 9 nitrogen and oxygen atoms in total. The molecule has 280 valence electrons. The Bertz CT molecular complexity index is 2220. The van der Waals surface area contributed by atoms with Gasteiger partial charge in [0.25, 0.3) is 6.43 Å². The molecule has 15 heteroatoms. The number of halogens is 4. The fourth-order valence-corrected chi connectivity index (χ4v) is 14.9. The van der Waals surface area contributed by atoms with Crippen molar-refractivity contribution >= 4 is 52.5 Å². The van der Waals surface area contributed by atoms with Crippen molar-refractivity contribution in [2.75, 3.05) is 17.7 Å². The summed E-state index contributed by atoms with van der Waals surface area (Å²) in [4.78, 5) is 28.4. The Morgan fingerprint density at radius 1 is 1.00 bits per heavy atom. The summed E-state index contributed by atoms with van der Waals surface area (Å²) in [6.45, 7) is 12.8. The van der Waals surface area contributed by atoms with Gasteiger partial charge in [-0.05, 0) is 40.9 Å². The van der Waals surface area contributed by atoms with Gasteiger partial charge in [0.1, 0.15) is 36.3 Å². The van der Waals surface area contributed by atoms with Crippen LogP contribution in [0.1, 0.15) is 59.9 Å². The number of nitrogens with zero attached hydrogens (tertiary/aromatic N) is 5. The molecule has 2 fully saturated rings. The molecule has 0 radical (unpaired) electrons. The molecule has 2 aromatic heterocycles. The maximum atomic E-state index is 17.2. The van der Waals surface area contributed by atoms with Crippen LogP contribution in [0, 0.1) is 23.1 Å². The molecule has 2 bridgehead atoms. The van der Waals surface area contributed by atoms with Gasteiger partial charge in [-0.2, -0.15) is 0 Å². The molecule has 5 atom stereocenters. The first-order valence-electron chi connectivity index (χ1n) is 17.8. The van der Waals surface area contributed by atoms with E-state index in [9.17, 15) is 14.1 Å². The van der Waals surface area contributed by atoms with Crippen LogP contribution >= 0.6 is 0 Å². The van der Waals surface area contributed by atoms with E-state index < -0.39 is 67.3 Å². The van der Waals surface area contributed by atoms with Crippen LogP contribution in [0.25, 0.3) is 32.9 Å². The summed E-state index contributed by atoms with van der Waals surface area (Å²) >= 11 is 0. The van der Waals surface area contributed by atoms with Crippen molar-refractivity contribution in [1.29, 1.82) is 0 Å². The molecule has 7 rings (SSSR count). The molecule has 5 unspecified atom stereocenters. The summed E-state index contributed by atoms with van der Waals surface area (Å²) in [7, 11) is -4.19. The molecule has 3 aliphatic heterocycles. The van der Waals surface area contributed by atoms with Crippen LogP contribution in [0.4, 0.5) is 28.2 Å². The molecule has 1 amide bonds. The molecule has 5 heterocycles. The second kappa shape index (κ2) is 13.5. The van der Waals surface area contributed by atoms with Crippen molar-refractivity contribution in [2.24, 2.45) is 0 Å². The Hall–Kier alpha value is -4.29. The summed E-state index contributed by atoms with van der Waals surface area (Å²) < 4.78 is 82.5. The van der Waals surface area contributed by atoms with Crippen molar-refractivity contribution in [3.8, 4) is 28.6 Å². The van der Waals surface area contributed by atoms with Gasteiger partial charge in [0.2, 0.25) is 11.0 Å². The summed E-state index contributed by atoms with van der Waals surface area (Å²) in [6, 6.07) is 5.20. The Labute approximate surface area is 308 Å². The minimum atomic E-state index is -3.11. The average molecular weight is 768 g/mol. The number of piperazine rings is 1. The summed E-state index contributed by atoms with van der Waals surface area (Å²) in [5.41, 5.74) is 3.85. The van der Waals surface area contributed by atoms with Crippen LogP contribution < -0.4 is 9.64 Å². The molecule has 0 spiro atoms. The quantitative estimate of drug-likeness (QED) is 0.0907. The number of anilines is 1. The van der Waals surface area contributed by atoms with Crippen LogP contribution in [-0.4, -0.2) is 86.8 Å². The highest BCUT2D eigenvalue weighted by Gasteiger charge is 2.56. The SMILES string of the molecule is CC(C)[Si](C#Cc1c(F)ccc2cccc(-c3nc4c5c(nc(S(C)=O)nc5c3F)N3CC5CCC(C3C(C(F)F)O4)N5C(=O)O)c12)(C(C)C)C(C)C. The smallest absolute Gasteiger partial charge is 0.407 e. The zero-order valence-corrected chi connectivity index (χ0v) is 32.3. The number of hydrogen-bond donors (Lipinski definition) is 1. The maximum absolute atomic E-state index is 17.2. The number of amides is 1. The predicted molar refractivity (Wildman–Crippen MR) is 199 cm³/mol. The first kappa shape index (κ1) is 37.0. The fraction of sp³-hybridized carbons (Fsp3) is 0.474. The lowest BCUT2D eigenvalue weighted by atomic mass is 9.96. The van der Waals surface area contributed by atoms with E-state index in [0.29, 0.717) is 18.2 Å². The van der Waals surface area contributed by atoms with Crippen LogP contribution in [0.2, 0.25) is 16.6 Å². The number of fused-ring (bicyclic) bond motifs is 6. The van der Waals surface area contributed by atoms with E-state index in [1.54, 1.807) is 24.3 Å². The van der Waals surface area contributed by atoms with Gasteiger partial charge in [-0.1, -0.05) is 71.7 Å². The first-order valence-corrected chi connectivity index (χ1v) is 21.6. The monoisotopic (exact) mass is 767 g/mol. The highest BCUT2D eigenvalue weighted by atomic mass is 32.2. The van der Waals surface area contributed by atoms with Crippen LogP contribution in [0.5, 0.6) is 5.88 Å². The van der Waals surface area contributed by atoms with E-state index in [1.807, 2.05) is 0 Å². The standard InChI is InChI=1S/C38H41F4N5O4SSi/c1-18(2)53(19(3)4,20(5)6)16-15-23-25(39)13-11-21-9-8-10-24(27(21)23)30-29(40)31-28-35(45-37(44-31)52(7)50)46-17-22-12-14-26(47(22)38(48)49)32(46)33(34(41)42)51-36(28)43-30/h8-11,13,18-20,22,26,32-34H,12,14,17H2,1-7H3,(H,48,49). The number of benzene rings is 2. The average Bonchev–Trinajstić information content (AvgIpc) is 3.34. The molecular weight excluding hydrogens is 727 g/mol. The number of carboxylic acid groups (broad SMARTS) is 1. The van der Waals surface area contributed by atoms with Gasteiger partial charge in [-0.15, -0.1) is 5.54 Å². The van der Waals surface area contributed by atoms with E-state index in [-0.39, 0.29) is 73.1 Å². The van der Waals surface area contributed by atoms with Gasteiger partial charge in [0.05, 0.1) is 34.5 Å². The second-order valence-corrected chi connectivity index (χ2v) is 22.0. The highest BCUT2D eigenvalue weighted by molar-refractivity contribution is 7.84. The Morgan fingerprint density at radius 2 is 1.70 bits per heavy atom. The molecule has 2 aromatic carbocycles. The van der Waals surface area contributed by atoms with Gasteiger partial charge in [-0.3, -0.25) is 9.11 Å². The highest BCUT2D eigenvalue weighted by Crippen LogP contribution is 2.48. The fourth-order valence-electron chi connectivity index (χ4n) is 9.28. The lowest BCUT2D eigenvalue weighted by Gasteiger charge is -2.47. The second-order valence-electron chi connectivity index (χ2n) is 15.1. The topological polar surface area (TPSA) is 109 Å². The molecule has 53 heavy (non-hydrogen) atoms.